The molecule has 0 fully saturated rings. The van der Waals surface area contributed by atoms with Gasteiger partial charge in [0, 0.05) is 11.8 Å². The van der Waals surface area contributed by atoms with Gasteiger partial charge in [0.1, 0.15) is 5.82 Å². The van der Waals surface area contributed by atoms with E-state index in [2.05, 4.69) is 32.7 Å². The van der Waals surface area contributed by atoms with E-state index in [1.54, 1.807) is 13.7 Å². The van der Waals surface area contributed by atoms with E-state index in [9.17, 15) is 0 Å². The number of nitrogens with zero attached hydrogens (tertiary/aromatic N) is 1. The standard InChI is InChI=1S/C12H20BN2O/c1-8(2)12(4,5)16-13-10-6-9(3)11(14)15-7-10/h6-8H,1-5H3,(H2,14,15). The Labute approximate surface area is 98.7 Å². The lowest BCUT2D eigenvalue weighted by atomic mass is 9.85. The molecule has 87 valence electrons. The maximum Gasteiger partial charge on any atom is 0.332 e. The maximum absolute atomic E-state index is 5.77. The first-order valence-electron chi connectivity index (χ1n) is 5.56. The van der Waals surface area contributed by atoms with Gasteiger partial charge < -0.3 is 10.4 Å². The summed E-state index contributed by atoms with van der Waals surface area (Å²) in [6, 6.07) is 1.97. The predicted octanol–water partition coefficient (Wildman–Crippen LogP) is 1.67. The number of hydrogen-bond donors (Lipinski definition) is 1. The summed E-state index contributed by atoms with van der Waals surface area (Å²) in [5.41, 5.74) is 7.40. The van der Waals surface area contributed by atoms with Gasteiger partial charge in [-0.15, -0.1) is 0 Å². The van der Waals surface area contributed by atoms with Crippen LogP contribution in [-0.4, -0.2) is 18.1 Å². The van der Waals surface area contributed by atoms with Crippen LogP contribution in [-0.2, 0) is 4.65 Å². The Bertz CT molecular complexity index is 364. The smallest absolute Gasteiger partial charge is 0.332 e. The summed E-state index contributed by atoms with van der Waals surface area (Å²) in [7, 11) is 1.75. The maximum atomic E-state index is 5.77. The van der Waals surface area contributed by atoms with Crippen LogP contribution >= 0.6 is 0 Å². The molecule has 16 heavy (non-hydrogen) atoms. The van der Waals surface area contributed by atoms with Crippen molar-refractivity contribution in [2.75, 3.05) is 5.73 Å². The second-order valence-corrected chi connectivity index (χ2v) is 4.96. The number of hydrogen-bond acceptors (Lipinski definition) is 3. The third-order valence-electron chi connectivity index (χ3n) is 3.03. The van der Waals surface area contributed by atoms with Gasteiger partial charge in [-0.2, -0.15) is 0 Å². The first-order chi connectivity index (χ1) is 7.33. The Balaban J connectivity index is 2.65. The van der Waals surface area contributed by atoms with E-state index in [0.717, 1.165) is 11.0 Å². The lowest BCUT2D eigenvalue weighted by Crippen LogP contribution is -2.36. The van der Waals surface area contributed by atoms with Gasteiger partial charge in [0.2, 0.25) is 0 Å². The van der Waals surface area contributed by atoms with Crippen LogP contribution in [0.5, 0.6) is 0 Å². The number of aryl methyl sites for hydroxylation is 1. The van der Waals surface area contributed by atoms with E-state index in [4.69, 9.17) is 10.4 Å². The minimum Gasteiger partial charge on any atom is -0.429 e. The van der Waals surface area contributed by atoms with Crippen molar-refractivity contribution in [3.8, 4) is 0 Å². The Morgan fingerprint density at radius 2 is 2.06 bits per heavy atom. The second kappa shape index (κ2) is 4.87. The van der Waals surface area contributed by atoms with Crippen LogP contribution in [0, 0.1) is 12.8 Å². The predicted molar refractivity (Wildman–Crippen MR) is 68.8 cm³/mol. The molecule has 0 aromatic carbocycles. The molecule has 0 atom stereocenters. The summed E-state index contributed by atoms with van der Waals surface area (Å²) in [5.74, 6) is 1.02. The molecule has 0 bridgehead atoms. The summed E-state index contributed by atoms with van der Waals surface area (Å²) < 4.78 is 5.77. The van der Waals surface area contributed by atoms with Gasteiger partial charge in [-0.25, -0.2) is 4.98 Å². The normalized spacial score (nSPS) is 11.9. The first-order valence-corrected chi connectivity index (χ1v) is 5.56. The molecule has 3 nitrogen and oxygen atoms in total. The van der Waals surface area contributed by atoms with Gasteiger partial charge in [0.25, 0.3) is 0 Å². The Hall–Kier alpha value is -1.03. The van der Waals surface area contributed by atoms with Crippen molar-refractivity contribution in [1.29, 1.82) is 0 Å². The number of pyridine rings is 1. The zero-order chi connectivity index (χ0) is 12.3. The van der Waals surface area contributed by atoms with E-state index >= 15 is 0 Å². The van der Waals surface area contributed by atoms with Crippen LogP contribution in [0.4, 0.5) is 5.82 Å². The fourth-order valence-electron chi connectivity index (χ4n) is 1.03. The molecule has 2 N–H and O–H groups in total. The van der Waals surface area contributed by atoms with E-state index in [0.29, 0.717) is 11.7 Å². The van der Waals surface area contributed by atoms with E-state index in [1.807, 2.05) is 13.0 Å². The minimum atomic E-state index is -0.171. The summed E-state index contributed by atoms with van der Waals surface area (Å²) in [5, 5.41) is 0. The fourth-order valence-corrected chi connectivity index (χ4v) is 1.03. The van der Waals surface area contributed by atoms with Crippen molar-refractivity contribution in [3.63, 3.8) is 0 Å². The molecule has 0 spiro atoms. The molecule has 4 heteroatoms. The van der Waals surface area contributed by atoms with Crippen LogP contribution in [0.25, 0.3) is 0 Å². The molecule has 1 radical (unpaired) electrons. The molecule has 0 saturated heterocycles. The van der Waals surface area contributed by atoms with Gasteiger partial charge in [-0.05, 0) is 37.7 Å². The van der Waals surface area contributed by atoms with E-state index in [1.165, 1.54) is 0 Å². The molecule has 0 aliphatic carbocycles. The quantitative estimate of drug-likeness (QED) is 0.783. The van der Waals surface area contributed by atoms with Crippen molar-refractivity contribution >= 4 is 18.8 Å². The molecule has 0 aliphatic rings. The molecule has 0 amide bonds. The van der Waals surface area contributed by atoms with Crippen molar-refractivity contribution in [3.05, 3.63) is 17.8 Å². The highest BCUT2D eigenvalue weighted by Crippen LogP contribution is 2.19. The zero-order valence-electron chi connectivity index (χ0n) is 10.7. The Kier molecular flexibility index (Phi) is 3.97. The molecule has 1 aromatic rings. The molecule has 0 aliphatic heterocycles. The fraction of sp³-hybridized carbons (Fsp3) is 0.583. The number of aromatic nitrogens is 1. The topological polar surface area (TPSA) is 48.1 Å². The second-order valence-electron chi connectivity index (χ2n) is 4.96. The Morgan fingerprint density at radius 1 is 1.44 bits per heavy atom. The summed E-state index contributed by atoms with van der Waals surface area (Å²) in [6.07, 6.45) is 1.72. The van der Waals surface area contributed by atoms with Crippen LogP contribution in [0.15, 0.2) is 12.3 Å². The number of anilines is 1. The largest absolute Gasteiger partial charge is 0.429 e. The average molecular weight is 219 g/mol. The minimum absolute atomic E-state index is 0.171. The number of nitrogen functional groups attached to an aromatic ring is 1. The first kappa shape index (κ1) is 13.0. The van der Waals surface area contributed by atoms with Crippen molar-refractivity contribution in [1.82, 2.24) is 4.98 Å². The summed E-state index contributed by atoms with van der Waals surface area (Å²) >= 11 is 0. The van der Waals surface area contributed by atoms with Crippen LogP contribution in [0.1, 0.15) is 33.3 Å². The van der Waals surface area contributed by atoms with Crippen LogP contribution in [0.3, 0.4) is 0 Å². The molecule has 1 aromatic heterocycles. The van der Waals surface area contributed by atoms with Gasteiger partial charge in [-0.1, -0.05) is 19.9 Å². The van der Waals surface area contributed by atoms with Gasteiger partial charge in [0.05, 0.1) is 0 Å². The highest BCUT2D eigenvalue weighted by atomic mass is 16.5. The number of rotatable bonds is 4. The monoisotopic (exact) mass is 219 g/mol. The molecule has 1 heterocycles. The highest BCUT2D eigenvalue weighted by Gasteiger charge is 2.23. The molecule has 1 rings (SSSR count). The van der Waals surface area contributed by atoms with Crippen LogP contribution < -0.4 is 11.2 Å². The number of nitrogens with two attached hydrogens (primary N) is 1. The molecular weight excluding hydrogens is 199 g/mol. The lowest BCUT2D eigenvalue weighted by molar-refractivity contribution is 0.0668. The SMILES string of the molecule is Cc1cc([B]OC(C)(C)C(C)C)cnc1N. The lowest BCUT2D eigenvalue weighted by Gasteiger charge is -2.30. The van der Waals surface area contributed by atoms with Gasteiger partial charge in [0.15, 0.2) is 0 Å². The zero-order valence-corrected chi connectivity index (χ0v) is 10.7. The van der Waals surface area contributed by atoms with E-state index in [-0.39, 0.29) is 5.60 Å². The molecular formula is C12H20BN2O. The summed E-state index contributed by atoms with van der Waals surface area (Å²) in [6.45, 7) is 10.4. The summed E-state index contributed by atoms with van der Waals surface area (Å²) in [4.78, 5) is 4.09. The van der Waals surface area contributed by atoms with Crippen molar-refractivity contribution < 1.29 is 4.65 Å². The van der Waals surface area contributed by atoms with E-state index < -0.39 is 0 Å². The van der Waals surface area contributed by atoms with Gasteiger partial charge >= 0.3 is 7.48 Å². The van der Waals surface area contributed by atoms with Crippen molar-refractivity contribution in [2.24, 2.45) is 5.92 Å². The highest BCUT2D eigenvalue weighted by molar-refractivity contribution is 6.47. The van der Waals surface area contributed by atoms with Gasteiger partial charge in [-0.3, -0.25) is 0 Å². The third-order valence-corrected chi connectivity index (χ3v) is 3.03. The molecule has 0 unspecified atom stereocenters. The molecule has 0 saturated carbocycles. The Morgan fingerprint density at radius 3 is 2.56 bits per heavy atom. The average Bonchev–Trinajstić information content (AvgIpc) is 2.20. The van der Waals surface area contributed by atoms with Crippen molar-refractivity contribution in [2.45, 2.75) is 40.2 Å². The van der Waals surface area contributed by atoms with Crippen LogP contribution in [0.2, 0.25) is 0 Å². The third kappa shape index (κ3) is 3.24.